The number of carbonyl (C=O) groups is 2. The van der Waals surface area contributed by atoms with E-state index >= 15 is 0 Å². The van der Waals surface area contributed by atoms with Crippen molar-refractivity contribution >= 4 is 11.9 Å². The van der Waals surface area contributed by atoms with Crippen LogP contribution in [0.2, 0.25) is 0 Å². The molecule has 1 fully saturated rings. The third-order valence-corrected chi connectivity index (χ3v) is 2.73. The number of carboxylic acid groups (broad SMARTS) is 1. The predicted octanol–water partition coefficient (Wildman–Crippen LogP) is 0.0932. The van der Waals surface area contributed by atoms with Crippen molar-refractivity contribution in [1.82, 2.24) is 5.32 Å². The summed E-state index contributed by atoms with van der Waals surface area (Å²) in [6.45, 7) is 2.13. The van der Waals surface area contributed by atoms with E-state index < -0.39 is 12.0 Å². The van der Waals surface area contributed by atoms with Crippen LogP contribution in [0.3, 0.4) is 0 Å². The first-order valence-electron chi connectivity index (χ1n) is 5.26. The van der Waals surface area contributed by atoms with Gasteiger partial charge in [0.25, 0.3) is 0 Å². The van der Waals surface area contributed by atoms with Crippen LogP contribution in [0.15, 0.2) is 0 Å². The first-order chi connectivity index (χ1) is 6.99. The Morgan fingerprint density at radius 3 is 2.60 bits per heavy atom. The molecule has 5 heteroatoms. The molecule has 0 bridgehead atoms. The maximum Gasteiger partial charge on any atom is 0.303 e. The van der Waals surface area contributed by atoms with E-state index in [1.165, 1.54) is 0 Å². The van der Waals surface area contributed by atoms with E-state index in [0.29, 0.717) is 5.92 Å². The molecule has 0 aliphatic heterocycles. The highest BCUT2D eigenvalue weighted by molar-refractivity contribution is 5.82. The minimum absolute atomic E-state index is 0.0599. The summed E-state index contributed by atoms with van der Waals surface area (Å²) >= 11 is 0. The van der Waals surface area contributed by atoms with Gasteiger partial charge in [-0.1, -0.05) is 6.92 Å². The van der Waals surface area contributed by atoms with E-state index in [2.05, 4.69) is 12.2 Å². The third-order valence-electron chi connectivity index (χ3n) is 2.73. The molecular weight excluding hydrogens is 196 g/mol. The van der Waals surface area contributed by atoms with Gasteiger partial charge in [-0.15, -0.1) is 0 Å². The average Bonchev–Trinajstić information content (AvgIpc) is 2.11. The molecule has 1 unspecified atom stereocenters. The molecule has 4 N–H and O–H groups in total. The second kappa shape index (κ2) is 5.11. The predicted molar refractivity (Wildman–Crippen MR) is 55.2 cm³/mol. The van der Waals surface area contributed by atoms with Crippen LogP contribution < -0.4 is 11.1 Å². The first-order valence-corrected chi connectivity index (χ1v) is 5.26. The molecule has 86 valence electrons. The molecule has 0 heterocycles. The van der Waals surface area contributed by atoms with Crippen LogP contribution in [0.5, 0.6) is 0 Å². The SMILES string of the molecule is CC1CC(NC(=O)C(N)CCC(=O)O)C1. The van der Waals surface area contributed by atoms with E-state index in [1.54, 1.807) is 0 Å². The van der Waals surface area contributed by atoms with Gasteiger partial charge in [0.1, 0.15) is 0 Å². The summed E-state index contributed by atoms with van der Waals surface area (Å²) in [5.74, 6) is -0.478. The van der Waals surface area contributed by atoms with Crippen molar-refractivity contribution in [2.45, 2.75) is 44.7 Å². The molecule has 0 aromatic heterocycles. The minimum Gasteiger partial charge on any atom is -0.481 e. The van der Waals surface area contributed by atoms with Gasteiger partial charge in [0.05, 0.1) is 6.04 Å². The highest BCUT2D eigenvalue weighted by Crippen LogP contribution is 2.26. The fourth-order valence-electron chi connectivity index (χ4n) is 1.74. The standard InChI is InChI=1S/C10H18N2O3/c1-6-4-7(5-6)12-10(15)8(11)2-3-9(13)14/h6-8H,2-5,11H2,1H3,(H,12,15)(H,13,14). The Morgan fingerprint density at radius 2 is 2.13 bits per heavy atom. The van der Waals surface area contributed by atoms with Gasteiger partial charge in [-0.2, -0.15) is 0 Å². The quantitative estimate of drug-likeness (QED) is 0.605. The fraction of sp³-hybridized carbons (Fsp3) is 0.800. The minimum atomic E-state index is -0.921. The maximum atomic E-state index is 11.4. The summed E-state index contributed by atoms with van der Waals surface area (Å²) in [6, 6.07) is -0.458. The Morgan fingerprint density at radius 1 is 1.53 bits per heavy atom. The van der Waals surface area contributed by atoms with Crippen LogP contribution >= 0.6 is 0 Å². The summed E-state index contributed by atoms with van der Waals surface area (Å²) in [6.07, 6.45) is 2.13. The lowest BCUT2D eigenvalue weighted by Gasteiger charge is -2.33. The van der Waals surface area contributed by atoms with Crippen molar-refractivity contribution in [3.63, 3.8) is 0 Å². The van der Waals surface area contributed by atoms with Gasteiger partial charge in [-0.05, 0) is 25.2 Å². The third kappa shape index (κ3) is 3.87. The highest BCUT2D eigenvalue weighted by atomic mass is 16.4. The van der Waals surface area contributed by atoms with Gasteiger partial charge < -0.3 is 16.2 Å². The van der Waals surface area contributed by atoms with Crippen LogP contribution in [0.25, 0.3) is 0 Å². The molecule has 15 heavy (non-hydrogen) atoms. The van der Waals surface area contributed by atoms with Crippen molar-refractivity contribution in [3.05, 3.63) is 0 Å². The van der Waals surface area contributed by atoms with Crippen molar-refractivity contribution < 1.29 is 14.7 Å². The van der Waals surface area contributed by atoms with E-state index in [9.17, 15) is 9.59 Å². The summed E-state index contributed by atoms with van der Waals surface area (Å²) in [7, 11) is 0. The first kappa shape index (κ1) is 12.0. The van der Waals surface area contributed by atoms with E-state index in [-0.39, 0.29) is 24.8 Å². The topological polar surface area (TPSA) is 92.4 Å². The van der Waals surface area contributed by atoms with Crippen LogP contribution in [0.4, 0.5) is 0 Å². The Balaban J connectivity index is 2.18. The molecule has 1 aliphatic rings. The molecular formula is C10H18N2O3. The molecule has 0 saturated heterocycles. The van der Waals surface area contributed by atoms with Gasteiger partial charge in [-0.3, -0.25) is 9.59 Å². The summed E-state index contributed by atoms with van der Waals surface area (Å²) < 4.78 is 0. The van der Waals surface area contributed by atoms with E-state index in [4.69, 9.17) is 10.8 Å². The number of nitrogens with one attached hydrogen (secondary N) is 1. The Kier molecular flexibility index (Phi) is 4.08. The zero-order chi connectivity index (χ0) is 11.4. The van der Waals surface area contributed by atoms with Crippen molar-refractivity contribution in [2.24, 2.45) is 11.7 Å². The molecule has 1 amide bonds. The highest BCUT2D eigenvalue weighted by Gasteiger charge is 2.28. The summed E-state index contributed by atoms with van der Waals surface area (Å²) in [5.41, 5.74) is 5.55. The normalized spacial score (nSPS) is 26.5. The van der Waals surface area contributed by atoms with Gasteiger partial charge in [0.15, 0.2) is 0 Å². The second-order valence-corrected chi connectivity index (χ2v) is 4.32. The number of carbonyl (C=O) groups excluding carboxylic acids is 1. The molecule has 1 saturated carbocycles. The molecule has 1 atom stereocenters. The van der Waals surface area contributed by atoms with E-state index in [0.717, 1.165) is 12.8 Å². The van der Waals surface area contributed by atoms with Crippen molar-refractivity contribution in [1.29, 1.82) is 0 Å². The van der Waals surface area contributed by atoms with Crippen LogP contribution in [-0.4, -0.2) is 29.1 Å². The summed E-state index contributed by atoms with van der Waals surface area (Å²) in [4.78, 5) is 21.7. The Bertz CT molecular complexity index is 249. The number of carboxylic acids is 1. The zero-order valence-corrected chi connectivity index (χ0v) is 8.90. The Labute approximate surface area is 89.0 Å². The number of nitrogens with two attached hydrogens (primary N) is 1. The zero-order valence-electron chi connectivity index (χ0n) is 8.90. The molecule has 0 aromatic rings. The molecule has 0 spiro atoms. The summed E-state index contributed by atoms with van der Waals surface area (Å²) in [5, 5.41) is 11.2. The molecule has 0 aromatic carbocycles. The fourth-order valence-corrected chi connectivity index (χ4v) is 1.74. The van der Waals surface area contributed by atoms with Gasteiger partial charge >= 0.3 is 5.97 Å². The molecule has 1 rings (SSSR count). The van der Waals surface area contributed by atoms with E-state index in [1.807, 2.05) is 0 Å². The smallest absolute Gasteiger partial charge is 0.303 e. The number of amides is 1. The van der Waals surface area contributed by atoms with Crippen LogP contribution in [0.1, 0.15) is 32.6 Å². The lowest BCUT2D eigenvalue weighted by molar-refractivity contribution is -0.137. The number of hydrogen-bond acceptors (Lipinski definition) is 3. The number of rotatable bonds is 5. The second-order valence-electron chi connectivity index (χ2n) is 4.32. The van der Waals surface area contributed by atoms with Crippen molar-refractivity contribution in [3.8, 4) is 0 Å². The largest absolute Gasteiger partial charge is 0.481 e. The monoisotopic (exact) mass is 214 g/mol. The Hall–Kier alpha value is -1.10. The number of hydrogen-bond donors (Lipinski definition) is 3. The molecule has 0 radical (unpaired) electrons. The average molecular weight is 214 g/mol. The maximum absolute atomic E-state index is 11.4. The molecule has 5 nitrogen and oxygen atoms in total. The lowest BCUT2D eigenvalue weighted by atomic mass is 9.82. The van der Waals surface area contributed by atoms with Gasteiger partial charge in [0, 0.05) is 12.5 Å². The van der Waals surface area contributed by atoms with Crippen LogP contribution in [0, 0.1) is 5.92 Å². The number of aliphatic carboxylic acids is 1. The van der Waals surface area contributed by atoms with Crippen LogP contribution in [-0.2, 0) is 9.59 Å². The van der Waals surface area contributed by atoms with Gasteiger partial charge in [-0.25, -0.2) is 0 Å². The van der Waals surface area contributed by atoms with Crippen molar-refractivity contribution in [2.75, 3.05) is 0 Å². The lowest BCUT2D eigenvalue weighted by Crippen LogP contribution is -2.49. The van der Waals surface area contributed by atoms with Gasteiger partial charge in [0.2, 0.25) is 5.91 Å². The molecule has 1 aliphatic carbocycles.